The Morgan fingerprint density at radius 2 is 0.367 bits per heavy atom. The molecule has 0 aromatic carbocycles. The van der Waals surface area contributed by atoms with Crippen molar-refractivity contribution in [3.63, 3.8) is 0 Å². The zero-order valence-electron chi connectivity index (χ0n) is 37.3. The molecule has 1 atom stereocenters. The summed E-state index contributed by atoms with van der Waals surface area (Å²) in [6.07, 6.45) is 45.1. The lowest BCUT2D eigenvalue weighted by molar-refractivity contribution is 0.236. The Kier molecular flexibility index (Phi) is 48.5. The van der Waals surface area contributed by atoms with Crippen molar-refractivity contribution in [2.24, 2.45) is 11.8 Å². The Labute approximate surface area is 370 Å². The molecule has 0 aliphatic carbocycles. The summed E-state index contributed by atoms with van der Waals surface area (Å²) in [5, 5.41) is 0. The van der Waals surface area contributed by atoms with Crippen molar-refractivity contribution in [1.29, 1.82) is 0 Å². The van der Waals surface area contributed by atoms with E-state index in [0.29, 0.717) is 0 Å². The molecule has 0 aliphatic heterocycles. The fourth-order valence-electron chi connectivity index (χ4n) is 6.09. The Morgan fingerprint density at radius 3 is 0.550 bits per heavy atom. The van der Waals surface area contributed by atoms with Gasteiger partial charge in [0.25, 0.3) is 0 Å². The van der Waals surface area contributed by atoms with Gasteiger partial charge in [-0.2, -0.15) is 0 Å². The third kappa shape index (κ3) is 47.6. The monoisotopic (exact) mass is 785 g/mol. The average Bonchev–Trinajstić information content (AvgIpc) is 3.26. The predicted octanol–water partition coefficient (Wildman–Crippen LogP) is 12.0. The Hall–Kier alpha value is -6.60. The molecule has 0 heteroatoms. The molecule has 0 nitrogen and oxygen atoms in total. The van der Waals surface area contributed by atoms with Crippen LogP contribution in [-0.2, 0) is 0 Å². The normalized spacial score (nSPS) is 8.25. The van der Waals surface area contributed by atoms with Gasteiger partial charge in [-0.25, -0.2) is 0 Å². The van der Waals surface area contributed by atoms with E-state index in [4.69, 9.17) is 12.8 Å². The summed E-state index contributed by atoms with van der Waals surface area (Å²) in [6, 6.07) is 0. The van der Waals surface area contributed by atoms with E-state index in [1.807, 2.05) is 0 Å². The first-order chi connectivity index (χ1) is 29.7. The quantitative estimate of drug-likeness (QED) is 0.0639. The van der Waals surface area contributed by atoms with E-state index in [1.54, 1.807) is 0 Å². The second-order valence-corrected chi connectivity index (χ2v) is 13.9. The molecule has 0 fully saturated rings. The molecule has 0 aromatic heterocycles. The molecule has 0 bridgehead atoms. The van der Waals surface area contributed by atoms with Crippen molar-refractivity contribution >= 4 is 0 Å². The maximum Gasteiger partial charge on any atom is 0 e. The van der Waals surface area contributed by atoms with Gasteiger partial charge in [0.05, 0.1) is 0 Å². The number of unbranched alkanes of at least 4 members (excludes halogenated alkanes) is 16. The molecule has 0 rings (SSSR count). The minimum absolute atomic E-state index is 1.03. The number of rotatable bonds is 25. The summed E-state index contributed by atoms with van der Waals surface area (Å²) in [4.78, 5) is 0. The van der Waals surface area contributed by atoms with Crippen LogP contribution in [0.2, 0.25) is 0 Å². The molecule has 0 saturated carbocycles. The van der Waals surface area contributed by atoms with Crippen LogP contribution in [0, 0.1) is 190 Å². The lowest BCUT2D eigenvalue weighted by Gasteiger charge is -2.28. The van der Waals surface area contributed by atoms with Crippen LogP contribution in [0.5, 0.6) is 0 Å². The highest BCUT2D eigenvalue weighted by Crippen LogP contribution is 2.33. The number of hydrogen-bond acceptors (Lipinski definition) is 0. The highest BCUT2D eigenvalue weighted by atomic mass is 14.3. The van der Waals surface area contributed by atoms with Crippen LogP contribution >= 0.6 is 0 Å². The van der Waals surface area contributed by atoms with Gasteiger partial charge < -0.3 is 0 Å². The van der Waals surface area contributed by atoms with Gasteiger partial charge in [-0.15, -0.1) is 12.8 Å². The third-order valence-corrected chi connectivity index (χ3v) is 9.09. The fourth-order valence-corrected chi connectivity index (χ4v) is 6.09. The summed E-state index contributed by atoms with van der Waals surface area (Å²) in [6.45, 7) is 9.36. The highest BCUT2D eigenvalue weighted by molar-refractivity contribution is 5.48. The van der Waals surface area contributed by atoms with Gasteiger partial charge in [0, 0.05) is 71.0 Å². The van der Waals surface area contributed by atoms with E-state index in [1.165, 1.54) is 154 Å². The molecule has 0 amide bonds. The smallest absolute Gasteiger partial charge is 0 e. The van der Waals surface area contributed by atoms with Crippen LogP contribution in [0.3, 0.4) is 0 Å². The summed E-state index contributed by atoms with van der Waals surface area (Å²) in [5.74, 6) is 70.2. The third-order valence-electron chi connectivity index (χ3n) is 9.09. The van der Waals surface area contributed by atoms with Gasteiger partial charge >= 0.3 is 0 Å². The molecule has 0 saturated heterocycles. The molecule has 1 unspecified atom stereocenters. The zero-order valence-corrected chi connectivity index (χ0v) is 37.3. The van der Waals surface area contributed by atoms with Crippen molar-refractivity contribution in [2.75, 3.05) is 0 Å². The summed E-state index contributed by atoms with van der Waals surface area (Å²) >= 11 is 0. The summed E-state index contributed by atoms with van der Waals surface area (Å²) in [5.41, 5.74) is 0. The summed E-state index contributed by atoms with van der Waals surface area (Å²) < 4.78 is 0. The lowest BCUT2D eigenvalue weighted by Crippen LogP contribution is -2.16. The van der Waals surface area contributed by atoms with Crippen LogP contribution in [-0.4, -0.2) is 0 Å². The van der Waals surface area contributed by atoms with Crippen molar-refractivity contribution in [2.45, 2.75) is 182 Å². The average molecular weight is 785 g/mol. The Bertz CT molecular complexity index is 1980. The van der Waals surface area contributed by atoms with Crippen LogP contribution in [0.15, 0.2) is 0 Å². The highest BCUT2D eigenvalue weighted by Gasteiger charge is 2.20. The van der Waals surface area contributed by atoms with Gasteiger partial charge in [-0.1, -0.05) is 182 Å². The first-order valence-corrected chi connectivity index (χ1v) is 22.1. The van der Waals surface area contributed by atoms with Crippen molar-refractivity contribution in [1.82, 2.24) is 0 Å². The Morgan fingerprint density at radius 1 is 0.217 bits per heavy atom. The Balaban J connectivity index is 0. The van der Waals surface area contributed by atoms with Crippen LogP contribution in [0.1, 0.15) is 182 Å². The number of hydrogen-bond donors (Lipinski definition) is 0. The van der Waals surface area contributed by atoms with Gasteiger partial charge in [0.15, 0.2) is 0 Å². The van der Waals surface area contributed by atoms with Crippen molar-refractivity contribution in [3.05, 3.63) is 0 Å². The summed E-state index contributed by atoms with van der Waals surface area (Å²) in [7, 11) is 0. The SMILES string of the molecule is C#CC#CC#CC#CC#CC#CC#CC#CC#CC#CC#CC#CC#CC#CC#C.CCCCCCCCC(CCCCCC)C(CCCCCCC)CCCCCCC. The molecule has 304 valence electrons. The van der Waals surface area contributed by atoms with Crippen LogP contribution in [0.4, 0.5) is 0 Å². The first kappa shape index (κ1) is 55.5. The number of terminal acetylenes is 2. The first-order valence-electron chi connectivity index (χ1n) is 22.1. The predicted molar refractivity (Wildman–Crippen MR) is 259 cm³/mol. The topological polar surface area (TPSA) is 0 Å². The van der Waals surface area contributed by atoms with Gasteiger partial charge in [0.1, 0.15) is 0 Å². The van der Waals surface area contributed by atoms with E-state index in [2.05, 4.69) is 193 Å². The molecule has 0 radical (unpaired) electrons. The fraction of sp³-hybridized carbons (Fsp3) is 0.500. The minimum atomic E-state index is 1.03. The van der Waals surface area contributed by atoms with Crippen LogP contribution < -0.4 is 0 Å². The lowest BCUT2D eigenvalue weighted by atomic mass is 9.78. The van der Waals surface area contributed by atoms with E-state index in [9.17, 15) is 0 Å². The molecule has 60 heavy (non-hydrogen) atoms. The van der Waals surface area contributed by atoms with Crippen molar-refractivity contribution in [3.8, 4) is 179 Å². The van der Waals surface area contributed by atoms with Crippen LogP contribution in [0.25, 0.3) is 0 Å². The maximum atomic E-state index is 4.92. The van der Waals surface area contributed by atoms with E-state index in [0.717, 1.165) is 11.8 Å². The van der Waals surface area contributed by atoms with Gasteiger partial charge in [-0.3, -0.25) is 0 Å². The van der Waals surface area contributed by atoms with E-state index < -0.39 is 0 Å². The van der Waals surface area contributed by atoms with Gasteiger partial charge in [-0.05, 0) is 107 Å². The van der Waals surface area contributed by atoms with Gasteiger partial charge in [0.2, 0.25) is 0 Å². The molecular weight excluding hydrogens is 721 g/mol. The molecule has 0 spiro atoms. The van der Waals surface area contributed by atoms with E-state index >= 15 is 0 Å². The zero-order chi connectivity index (χ0) is 43.9. The standard InChI is InChI=1S/C30H62.C30H2/c1-5-9-13-17-20-24-28-29(25-21-16-12-8-4)30(26-22-18-14-10-6-2)27-23-19-15-11-7-3;1-3-5-7-9-11-13-15-17-19-21-23-25-27-29-30-28-26-24-22-20-18-16-14-12-10-8-6-4-2/h29-30H,5-28H2,1-4H3;1-2H. The molecule has 0 N–H and O–H groups in total. The largest absolute Gasteiger partial charge is 0.106 e. The molecule has 0 aliphatic rings. The molecular formula is C60H64. The maximum absolute atomic E-state index is 4.92. The molecule has 0 heterocycles. The van der Waals surface area contributed by atoms with Crippen molar-refractivity contribution < 1.29 is 0 Å². The second kappa shape index (κ2) is 52.4. The molecule has 0 aromatic rings. The second-order valence-electron chi connectivity index (χ2n) is 13.9. The minimum Gasteiger partial charge on any atom is -0.106 e. The van der Waals surface area contributed by atoms with E-state index in [-0.39, 0.29) is 0 Å².